The van der Waals surface area contributed by atoms with Crippen molar-refractivity contribution in [1.82, 2.24) is 9.62 Å². The fraction of sp³-hybridized carbons (Fsp3) is 0.833. The zero-order valence-corrected chi connectivity index (χ0v) is 8.47. The van der Waals surface area contributed by atoms with E-state index in [4.69, 9.17) is 5.11 Å². The van der Waals surface area contributed by atoms with Crippen LogP contribution in [0.25, 0.3) is 0 Å². The molecular formula is C6H14N2O4S. The van der Waals surface area contributed by atoms with E-state index in [0.29, 0.717) is 0 Å². The molecule has 0 spiro atoms. The van der Waals surface area contributed by atoms with E-state index in [1.54, 1.807) is 0 Å². The molecule has 0 aliphatic carbocycles. The number of hydrogen-bond acceptors (Lipinski definition) is 3. The molecule has 0 saturated carbocycles. The van der Waals surface area contributed by atoms with Crippen molar-refractivity contribution in [3.63, 3.8) is 0 Å². The molecule has 0 atom stereocenters. The van der Waals surface area contributed by atoms with Crippen LogP contribution in [0.2, 0.25) is 0 Å². The molecule has 0 fully saturated rings. The first-order valence-electron chi connectivity index (χ1n) is 3.80. The lowest BCUT2D eigenvalue weighted by atomic mass is 10.6. The molecule has 0 aromatic rings. The molecule has 6 nitrogen and oxygen atoms in total. The molecule has 0 heterocycles. The van der Waals surface area contributed by atoms with Gasteiger partial charge in [0.15, 0.2) is 0 Å². The summed E-state index contributed by atoms with van der Waals surface area (Å²) in [6.07, 6.45) is -1.07. The van der Waals surface area contributed by atoms with Crippen LogP contribution in [0.5, 0.6) is 0 Å². The van der Waals surface area contributed by atoms with Crippen molar-refractivity contribution in [2.45, 2.75) is 6.92 Å². The van der Waals surface area contributed by atoms with Crippen molar-refractivity contribution >= 4 is 16.1 Å². The van der Waals surface area contributed by atoms with Crippen LogP contribution in [0.3, 0.4) is 0 Å². The molecule has 1 amide bonds. The molecule has 0 aromatic carbocycles. The predicted octanol–water partition coefficient (Wildman–Crippen LogP) is -0.464. The highest BCUT2D eigenvalue weighted by atomic mass is 32.2. The van der Waals surface area contributed by atoms with E-state index < -0.39 is 16.1 Å². The maximum atomic E-state index is 10.9. The standard InChI is InChI=1S/C6H14N2O4S/c1-3-13(11,12)7-4-5-8(2)6(9)10/h7H,3-5H2,1-2H3,(H,9,10). The van der Waals surface area contributed by atoms with Gasteiger partial charge in [0.25, 0.3) is 0 Å². The SMILES string of the molecule is CCS(=O)(=O)NCCN(C)C(=O)O. The molecule has 0 aliphatic rings. The topological polar surface area (TPSA) is 86.7 Å². The van der Waals surface area contributed by atoms with Crippen LogP contribution in [0, 0.1) is 0 Å². The molecule has 0 radical (unpaired) electrons. The largest absolute Gasteiger partial charge is 0.465 e. The Balaban J connectivity index is 3.75. The molecular weight excluding hydrogens is 196 g/mol. The zero-order valence-electron chi connectivity index (χ0n) is 7.65. The predicted molar refractivity (Wildman–Crippen MR) is 48.1 cm³/mol. The second-order valence-corrected chi connectivity index (χ2v) is 4.60. The third-order valence-electron chi connectivity index (χ3n) is 1.48. The van der Waals surface area contributed by atoms with Crippen molar-refractivity contribution in [3.05, 3.63) is 0 Å². The number of rotatable bonds is 5. The monoisotopic (exact) mass is 210 g/mol. The first kappa shape index (κ1) is 12.2. The summed E-state index contributed by atoms with van der Waals surface area (Å²) in [6, 6.07) is 0. The Labute approximate surface area is 77.6 Å². The van der Waals surface area contributed by atoms with Gasteiger partial charge in [-0.25, -0.2) is 17.9 Å². The van der Waals surface area contributed by atoms with Gasteiger partial charge in [-0.1, -0.05) is 0 Å². The number of hydrogen-bond donors (Lipinski definition) is 2. The number of amides is 1. The average molecular weight is 210 g/mol. The maximum absolute atomic E-state index is 10.9. The third-order valence-corrected chi connectivity index (χ3v) is 2.88. The van der Waals surface area contributed by atoms with Crippen LogP contribution in [0.4, 0.5) is 4.79 Å². The van der Waals surface area contributed by atoms with E-state index in [2.05, 4.69) is 4.72 Å². The van der Waals surface area contributed by atoms with Gasteiger partial charge in [-0.3, -0.25) is 0 Å². The smallest absolute Gasteiger partial charge is 0.407 e. The van der Waals surface area contributed by atoms with Crippen molar-refractivity contribution in [2.75, 3.05) is 25.9 Å². The summed E-state index contributed by atoms with van der Waals surface area (Å²) >= 11 is 0. The van der Waals surface area contributed by atoms with Gasteiger partial charge in [0.1, 0.15) is 0 Å². The normalized spacial score (nSPS) is 11.2. The summed E-state index contributed by atoms with van der Waals surface area (Å²) in [7, 11) is -1.83. The molecule has 78 valence electrons. The Kier molecular flexibility index (Phi) is 4.71. The lowest BCUT2D eigenvalue weighted by Crippen LogP contribution is -2.35. The quantitative estimate of drug-likeness (QED) is 0.642. The molecule has 2 N–H and O–H groups in total. The average Bonchev–Trinajstić information content (AvgIpc) is 2.04. The highest BCUT2D eigenvalue weighted by molar-refractivity contribution is 7.89. The fourth-order valence-electron chi connectivity index (χ4n) is 0.567. The lowest BCUT2D eigenvalue weighted by molar-refractivity contribution is 0.157. The van der Waals surface area contributed by atoms with Crippen LogP contribution < -0.4 is 4.72 Å². The van der Waals surface area contributed by atoms with Gasteiger partial charge in [-0.15, -0.1) is 0 Å². The Morgan fingerprint density at radius 2 is 2.08 bits per heavy atom. The number of nitrogens with one attached hydrogen (secondary N) is 1. The summed E-state index contributed by atoms with van der Waals surface area (Å²) in [5, 5.41) is 8.42. The van der Waals surface area contributed by atoms with Crippen LogP contribution >= 0.6 is 0 Å². The Morgan fingerprint density at radius 3 is 2.46 bits per heavy atom. The van der Waals surface area contributed by atoms with E-state index >= 15 is 0 Å². The van der Waals surface area contributed by atoms with Crippen molar-refractivity contribution in [1.29, 1.82) is 0 Å². The molecule has 0 bridgehead atoms. The van der Waals surface area contributed by atoms with Crippen molar-refractivity contribution in [2.24, 2.45) is 0 Å². The molecule has 13 heavy (non-hydrogen) atoms. The van der Waals surface area contributed by atoms with E-state index in [9.17, 15) is 13.2 Å². The highest BCUT2D eigenvalue weighted by Gasteiger charge is 2.08. The summed E-state index contributed by atoms with van der Waals surface area (Å²) in [5.41, 5.74) is 0. The minimum atomic E-state index is -3.21. The third kappa shape index (κ3) is 5.42. The molecule has 0 rings (SSSR count). The van der Waals surface area contributed by atoms with E-state index in [0.717, 1.165) is 4.90 Å². The van der Waals surface area contributed by atoms with Gasteiger partial charge in [-0.2, -0.15) is 0 Å². The molecule has 0 unspecified atom stereocenters. The van der Waals surface area contributed by atoms with Crippen LogP contribution in [0.15, 0.2) is 0 Å². The molecule has 0 saturated heterocycles. The van der Waals surface area contributed by atoms with Crippen molar-refractivity contribution < 1.29 is 18.3 Å². The highest BCUT2D eigenvalue weighted by Crippen LogP contribution is 1.84. The minimum absolute atomic E-state index is 0.00376. The summed E-state index contributed by atoms with van der Waals surface area (Å²) in [4.78, 5) is 11.3. The van der Waals surface area contributed by atoms with Gasteiger partial charge >= 0.3 is 6.09 Å². The number of nitrogens with zero attached hydrogens (tertiary/aromatic N) is 1. The van der Waals surface area contributed by atoms with Crippen LogP contribution in [-0.2, 0) is 10.0 Å². The first-order chi connectivity index (χ1) is 5.89. The maximum Gasteiger partial charge on any atom is 0.407 e. The number of carboxylic acid groups (broad SMARTS) is 1. The van der Waals surface area contributed by atoms with Gasteiger partial charge in [0.2, 0.25) is 10.0 Å². The number of sulfonamides is 1. The Bertz CT molecular complexity index is 262. The molecule has 7 heteroatoms. The second kappa shape index (κ2) is 5.03. The fourth-order valence-corrected chi connectivity index (χ4v) is 1.17. The summed E-state index contributed by atoms with van der Waals surface area (Å²) < 4.78 is 24.0. The van der Waals surface area contributed by atoms with Gasteiger partial charge in [0.05, 0.1) is 5.75 Å². The summed E-state index contributed by atoms with van der Waals surface area (Å²) in [5.74, 6) is 0.00376. The van der Waals surface area contributed by atoms with E-state index in [1.807, 2.05) is 0 Å². The lowest BCUT2D eigenvalue weighted by Gasteiger charge is -2.12. The van der Waals surface area contributed by atoms with E-state index in [1.165, 1.54) is 14.0 Å². The minimum Gasteiger partial charge on any atom is -0.465 e. The summed E-state index contributed by atoms with van der Waals surface area (Å²) in [6.45, 7) is 1.77. The van der Waals surface area contributed by atoms with Gasteiger partial charge in [-0.05, 0) is 6.92 Å². The van der Waals surface area contributed by atoms with Gasteiger partial charge < -0.3 is 10.0 Å². The van der Waals surface area contributed by atoms with Gasteiger partial charge in [0, 0.05) is 20.1 Å². The zero-order chi connectivity index (χ0) is 10.5. The van der Waals surface area contributed by atoms with Crippen LogP contribution in [0.1, 0.15) is 6.92 Å². The molecule has 0 aliphatic heterocycles. The number of carbonyl (C=O) groups is 1. The number of likely N-dealkylation sites (N-methyl/N-ethyl adjacent to an activating group) is 1. The van der Waals surface area contributed by atoms with E-state index in [-0.39, 0.29) is 18.8 Å². The Hall–Kier alpha value is -0.820. The van der Waals surface area contributed by atoms with Crippen molar-refractivity contribution in [3.8, 4) is 0 Å². The second-order valence-electron chi connectivity index (χ2n) is 2.50. The molecule has 0 aromatic heterocycles. The first-order valence-corrected chi connectivity index (χ1v) is 5.45. The Morgan fingerprint density at radius 1 is 1.54 bits per heavy atom. The van der Waals surface area contributed by atoms with Crippen LogP contribution in [-0.4, -0.2) is 50.4 Å².